The predicted molar refractivity (Wildman–Crippen MR) is 123 cm³/mol. The Morgan fingerprint density at radius 1 is 0.903 bits per heavy atom. The average Bonchev–Trinajstić information content (AvgIpc) is 3.05. The number of nitrogens with zero attached hydrogens (tertiary/aromatic N) is 2. The second kappa shape index (κ2) is 8.28. The summed E-state index contributed by atoms with van der Waals surface area (Å²) in [6, 6.07) is 22.3. The topological polar surface area (TPSA) is 60.9 Å². The molecule has 4 rings (SSSR count). The molecule has 1 fully saturated rings. The molecule has 3 aromatic carbocycles. The van der Waals surface area contributed by atoms with Crippen molar-refractivity contribution in [3.63, 3.8) is 0 Å². The third kappa shape index (κ3) is 3.80. The van der Waals surface area contributed by atoms with Crippen LogP contribution in [0.5, 0.6) is 0 Å². The highest BCUT2D eigenvalue weighted by atomic mass is 35.5. The summed E-state index contributed by atoms with van der Waals surface area (Å²) in [5.74, 6) is -1.61. The van der Waals surface area contributed by atoms with E-state index in [-0.39, 0.29) is 11.3 Å². The summed E-state index contributed by atoms with van der Waals surface area (Å²) < 4.78 is 0. The number of carbonyl (C=O) groups is 2. The number of benzene rings is 3. The van der Waals surface area contributed by atoms with Gasteiger partial charge in [-0.1, -0.05) is 54.1 Å². The standard InChI is InChI=1S/C25H21ClN2O3/c1-27(2)19-12-14-20(15-13-19)28-22(16-8-10-18(26)11-9-16)21(24(30)25(28)31)23(29)17-6-4-3-5-7-17/h3-15,22,29H,1-2H3/b23-21+/t22-/m0/s1. The zero-order valence-electron chi connectivity index (χ0n) is 17.1. The number of ketones is 1. The molecule has 156 valence electrons. The first-order valence-electron chi connectivity index (χ1n) is 9.78. The van der Waals surface area contributed by atoms with Crippen molar-refractivity contribution in [2.45, 2.75) is 6.04 Å². The Kier molecular flexibility index (Phi) is 5.53. The maximum Gasteiger partial charge on any atom is 0.300 e. The van der Waals surface area contributed by atoms with Crippen molar-refractivity contribution in [1.29, 1.82) is 0 Å². The van der Waals surface area contributed by atoms with Crippen molar-refractivity contribution >= 4 is 40.4 Å². The van der Waals surface area contributed by atoms with Crippen LogP contribution in [0.25, 0.3) is 5.76 Å². The molecule has 31 heavy (non-hydrogen) atoms. The number of rotatable bonds is 4. The minimum absolute atomic E-state index is 0.0511. The van der Waals surface area contributed by atoms with Crippen LogP contribution >= 0.6 is 11.6 Å². The summed E-state index contributed by atoms with van der Waals surface area (Å²) in [4.78, 5) is 29.6. The maximum absolute atomic E-state index is 13.1. The second-order valence-corrected chi connectivity index (χ2v) is 7.93. The highest BCUT2D eigenvalue weighted by molar-refractivity contribution is 6.51. The summed E-state index contributed by atoms with van der Waals surface area (Å²) in [6.07, 6.45) is 0. The van der Waals surface area contributed by atoms with Crippen LogP contribution in [0.15, 0.2) is 84.4 Å². The third-order valence-electron chi connectivity index (χ3n) is 5.32. The fourth-order valence-corrected chi connectivity index (χ4v) is 3.85. The monoisotopic (exact) mass is 432 g/mol. The molecule has 0 radical (unpaired) electrons. The fraction of sp³-hybridized carbons (Fsp3) is 0.120. The summed E-state index contributed by atoms with van der Waals surface area (Å²) >= 11 is 6.06. The molecule has 0 unspecified atom stereocenters. The van der Waals surface area contributed by atoms with Crippen molar-refractivity contribution in [2.75, 3.05) is 23.9 Å². The summed E-state index contributed by atoms with van der Waals surface area (Å²) in [7, 11) is 3.85. The van der Waals surface area contributed by atoms with Crippen LogP contribution in [0.3, 0.4) is 0 Å². The van der Waals surface area contributed by atoms with Gasteiger partial charge < -0.3 is 10.0 Å². The molecular formula is C25H21ClN2O3. The smallest absolute Gasteiger partial charge is 0.300 e. The zero-order valence-corrected chi connectivity index (χ0v) is 17.9. The zero-order chi connectivity index (χ0) is 22.1. The predicted octanol–water partition coefficient (Wildman–Crippen LogP) is 5.03. The highest BCUT2D eigenvalue weighted by Gasteiger charge is 2.46. The van der Waals surface area contributed by atoms with Crippen molar-refractivity contribution < 1.29 is 14.7 Å². The summed E-state index contributed by atoms with van der Waals surface area (Å²) in [5.41, 5.74) is 2.74. The number of halogens is 1. The lowest BCUT2D eigenvalue weighted by Gasteiger charge is -2.26. The SMILES string of the molecule is CN(C)c1ccc(N2C(=O)C(=O)/C(=C(/O)c3ccccc3)[C@@H]2c2ccc(Cl)cc2)cc1. The first kappa shape index (κ1) is 20.7. The lowest BCUT2D eigenvalue weighted by molar-refractivity contribution is -0.132. The van der Waals surface area contributed by atoms with Gasteiger partial charge in [0.1, 0.15) is 5.76 Å². The lowest BCUT2D eigenvalue weighted by Crippen LogP contribution is -2.29. The number of hydrogen-bond donors (Lipinski definition) is 1. The number of amides is 1. The summed E-state index contributed by atoms with van der Waals surface area (Å²) in [6.45, 7) is 0. The van der Waals surface area contributed by atoms with E-state index in [1.807, 2.05) is 37.2 Å². The molecule has 1 aliphatic heterocycles. The molecule has 0 spiro atoms. The summed E-state index contributed by atoms with van der Waals surface area (Å²) in [5, 5.41) is 11.6. The van der Waals surface area contributed by atoms with Gasteiger partial charge in [-0.3, -0.25) is 14.5 Å². The van der Waals surface area contributed by atoms with Crippen LogP contribution in [-0.2, 0) is 9.59 Å². The largest absolute Gasteiger partial charge is 0.507 e. The lowest BCUT2D eigenvalue weighted by atomic mass is 9.95. The third-order valence-corrected chi connectivity index (χ3v) is 5.57. The van der Waals surface area contributed by atoms with Crippen LogP contribution < -0.4 is 9.80 Å². The normalized spacial score (nSPS) is 17.8. The minimum Gasteiger partial charge on any atom is -0.507 e. The molecule has 1 amide bonds. The number of aliphatic hydroxyl groups excluding tert-OH is 1. The number of hydrogen-bond acceptors (Lipinski definition) is 4. The molecule has 1 N–H and O–H groups in total. The second-order valence-electron chi connectivity index (χ2n) is 7.50. The maximum atomic E-state index is 13.1. The molecule has 0 aromatic heterocycles. The van der Waals surface area contributed by atoms with Gasteiger partial charge in [-0.2, -0.15) is 0 Å². The van der Waals surface area contributed by atoms with Gasteiger partial charge in [-0.25, -0.2) is 0 Å². The molecule has 1 atom stereocenters. The van der Waals surface area contributed by atoms with E-state index < -0.39 is 17.7 Å². The van der Waals surface area contributed by atoms with Crippen LogP contribution in [-0.4, -0.2) is 30.9 Å². The molecule has 0 saturated carbocycles. The molecule has 0 aliphatic carbocycles. The Bertz CT molecular complexity index is 1150. The van der Waals surface area contributed by atoms with Gasteiger partial charge in [0, 0.05) is 36.1 Å². The first-order chi connectivity index (χ1) is 14.9. The van der Waals surface area contributed by atoms with E-state index in [2.05, 4.69) is 0 Å². The van der Waals surface area contributed by atoms with Crippen LogP contribution in [0.1, 0.15) is 17.2 Å². The Morgan fingerprint density at radius 3 is 2.10 bits per heavy atom. The molecule has 0 bridgehead atoms. The van der Waals surface area contributed by atoms with Gasteiger partial charge in [-0.05, 0) is 42.0 Å². The van der Waals surface area contributed by atoms with E-state index in [1.165, 1.54) is 4.90 Å². The first-order valence-corrected chi connectivity index (χ1v) is 10.2. The molecule has 5 nitrogen and oxygen atoms in total. The van der Waals surface area contributed by atoms with Gasteiger partial charge in [-0.15, -0.1) is 0 Å². The minimum atomic E-state index is -0.775. The van der Waals surface area contributed by atoms with E-state index in [1.54, 1.807) is 60.7 Å². The molecule has 6 heteroatoms. The Morgan fingerprint density at radius 2 is 1.52 bits per heavy atom. The van der Waals surface area contributed by atoms with Crippen LogP contribution in [0.4, 0.5) is 11.4 Å². The Hall–Kier alpha value is -3.57. The van der Waals surface area contributed by atoms with Gasteiger partial charge in [0.05, 0.1) is 11.6 Å². The molecule has 3 aromatic rings. The van der Waals surface area contributed by atoms with E-state index >= 15 is 0 Å². The number of carbonyl (C=O) groups excluding carboxylic acids is 2. The number of anilines is 2. The number of aliphatic hydroxyl groups is 1. The highest BCUT2D eigenvalue weighted by Crippen LogP contribution is 2.42. The van der Waals surface area contributed by atoms with Crippen molar-refractivity contribution in [3.8, 4) is 0 Å². The van der Waals surface area contributed by atoms with Gasteiger partial charge in [0.2, 0.25) is 0 Å². The van der Waals surface area contributed by atoms with E-state index in [4.69, 9.17) is 11.6 Å². The molecular weight excluding hydrogens is 412 g/mol. The van der Waals surface area contributed by atoms with E-state index in [9.17, 15) is 14.7 Å². The Labute approximate surface area is 185 Å². The van der Waals surface area contributed by atoms with Crippen molar-refractivity contribution in [2.24, 2.45) is 0 Å². The number of Topliss-reactive ketones (excluding diaryl/α,β-unsaturated/α-hetero) is 1. The van der Waals surface area contributed by atoms with Crippen LogP contribution in [0.2, 0.25) is 5.02 Å². The van der Waals surface area contributed by atoms with E-state index in [0.29, 0.717) is 21.8 Å². The Balaban J connectivity index is 1.90. The van der Waals surface area contributed by atoms with E-state index in [0.717, 1.165) is 5.69 Å². The average molecular weight is 433 g/mol. The quantitative estimate of drug-likeness (QED) is 0.357. The molecule has 1 aliphatic rings. The van der Waals surface area contributed by atoms with Crippen molar-refractivity contribution in [3.05, 3.63) is 101 Å². The van der Waals surface area contributed by atoms with Gasteiger partial charge >= 0.3 is 0 Å². The molecule has 1 heterocycles. The fourth-order valence-electron chi connectivity index (χ4n) is 3.72. The van der Waals surface area contributed by atoms with Gasteiger partial charge in [0.25, 0.3) is 11.7 Å². The van der Waals surface area contributed by atoms with Crippen LogP contribution in [0, 0.1) is 0 Å². The molecule has 1 saturated heterocycles. The van der Waals surface area contributed by atoms with Gasteiger partial charge in [0.15, 0.2) is 0 Å². The van der Waals surface area contributed by atoms with Crippen molar-refractivity contribution in [1.82, 2.24) is 0 Å².